The molecule has 2 heterocycles. The molecule has 2 amide bonds. The minimum atomic E-state index is -0.388. The van der Waals surface area contributed by atoms with Gasteiger partial charge in [0.25, 0.3) is 5.91 Å². The Labute approximate surface area is 156 Å². The highest BCUT2D eigenvalue weighted by Gasteiger charge is 2.16. The summed E-state index contributed by atoms with van der Waals surface area (Å²) in [6.45, 7) is 4.68. The Balaban J connectivity index is 1.91. The van der Waals surface area contributed by atoms with Gasteiger partial charge in [-0.25, -0.2) is 9.97 Å². The summed E-state index contributed by atoms with van der Waals surface area (Å²) in [7, 11) is 1.51. The van der Waals surface area contributed by atoms with E-state index in [-0.39, 0.29) is 25.0 Å². The minimum absolute atomic E-state index is 0.173. The molecule has 0 atom stereocenters. The number of likely N-dealkylation sites (N-methyl/N-ethyl adjacent to an activating group) is 1. The first-order valence-electron chi connectivity index (χ1n) is 8.81. The summed E-state index contributed by atoms with van der Waals surface area (Å²) in [4.78, 5) is 32.4. The van der Waals surface area contributed by atoms with Gasteiger partial charge < -0.3 is 19.9 Å². The lowest BCUT2D eigenvalue weighted by molar-refractivity contribution is -0.128. The summed E-state index contributed by atoms with van der Waals surface area (Å²) in [5, 5.41) is 6.17. The van der Waals surface area contributed by atoms with Gasteiger partial charge in [0.2, 0.25) is 5.91 Å². The molecular weight excluding hydrogens is 346 g/mol. The number of pyridine rings is 1. The second kappa shape index (κ2) is 8.13. The van der Waals surface area contributed by atoms with Crippen molar-refractivity contribution in [1.82, 2.24) is 19.9 Å². The van der Waals surface area contributed by atoms with Crippen LogP contribution in [0.15, 0.2) is 30.6 Å². The van der Waals surface area contributed by atoms with Crippen molar-refractivity contribution >= 4 is 39.6 Å². The number of rotatable bonds is 7. The Morgan fingerprint density at radius 2 is 1.93 bits per heavy atom. The van der Waals surface area contributed by atoms with Crippen molar-refractivity contribution < 1.29 is 14.3 Å². The quantitative estimate of drug-likeness (QED) is 0.663. The second-order valence-corrected chi connectivity index (χ2v) is 6.68. The Bertz CT molecular complexity index is 980. The van der Waals surface area contributed by atoms with Gasteiger partial charge in [-0.3, -0.25) is 9.59 Å². The van der Waals surface area contributed by atoms with E-state index in [1.807, 2.05) is 24.3 Å². The van der Waals surface area contributed by atoms with Crippen molar-refractivity contribution in [2.45, 2.75) is 20.4 Å². The molecule has 0 saturated carbocycles. The number of imidazole rings is 1. The van der Waals surface area contributed by atoms with Crippen LogP contribution in [0.2, 0.25) is 0 Å². The van der Waals surface area contributed by atoms with Crippen LogP contribution in [0.5, 0.6) is 0 Å². The summed E-state index contributed by atoms with van der Waals surface area (Å²) in [5.41, 5.74) is 2.35. The summed E-state index contributed by atoms with van der Waals surface area (Å²) in [5.74, 6) is 0.160. The SMILES string of the molecule is CNC(=O)COCC(=O)Nc1nc2ccccc2c2c1ncn2CC(C)C. The van der Waals surface area contributed by atoms with Crippen LogP contribution < -0.4 is 10.6 Å². The van der Waals surface area contributed by atoms with Crippen LogP contribution in [0.3, 0.4) is 0 Å². The normalized spacial score (nSPS) is 11.3. The molecular formula is C19H23N5O3. The number of nitrogens with zero attached hydrogens (tertiary/aromatic N) is 3. The monoisotopic (exact) mass is 369 g/mol. The number of hydrogen-bond acceptors (Lipinski definition) is 5. The predicted octanol–water partition coefficient (Wildman–Crippen LogP) is 1.94. The third-order valence-electron chi connectivity index (χ3n) is 4.02. The van der Waals surface area contributed by atoms with E-state index in [9.17, 15) is 9.59 Å². The molecule has 0 aliphatic heterocycles. The molecule has 27 heavy (non-hydrogen) atoms. The van der Waals surface area contributed by atoms with Crippen LogP contribution in [-0.2, 0) is 20.9 Å². The number of amides is 2. The number of para-hydroxylation sites is 1. The summed E-state index contributed by atoms with van der Waals surface area (Å²) < 4.78 is 7.19. The summed E-state index contributed by atoms with van der Waals surface area (Å²) in [6, 6.07) is 7.77. The number of benzene rings is 1. The maximum absolute atomic E-state index is 12.2. The molecule has 0 unspecified atom stereocenters. The number of fused-ring (bicyclic) bond motifs is 3. The second-order valence-electron chi connectivity index (χ2n) is 6.68. The van der Waals surface area contributed by atoms with Gasteiger partial charge in [-0.15, -0.1) is 0 Å². The predicted molar refractivity (Wildman–Crippen MR) is 103 cm³/mol. The molecule has 0 aliphatic rings. The van der Waals surface area contributed by atoms with Gasteiger partial charge in [0.05, 0.1) is 17.4 Å². The van der Waals surface area contributed by atoms with Crippen molar-refractivity contribution in [2.75, 3.05) is 25.6 Å². The smallest absolute Gasteiger partial charge is 0.251 e. The van der Waals surface area contributed by atoms with Gasteiger partial charge in [0.15, 0.2) is 5.82 Å². The van der Waals surface area contributed by atoms with Gasteiger partial charge >= 0.3 is 0 Å². The molecule has 2 N–H and O–H groups in total. The molecule has 3 aromatic rings. The molecule has 0 aliphatic carbocycles. The highest BCUT2D eigenvalue weighted by Crippen LogP contribution is 2.29. The Morgan fingerprint density at radius 1 is 1.19 bits per heavy atom. The van der Waals surface area contributed by atoms with Crippen LogP contribution in [-0.4, -0.2) is 46.6 Å². The van der Waals surface area contributed by atoms with Crippen molar-refractivity contribution in [2.24, 2.45) is 5.92 Å². The van der Waals surface area contributed by atoms with Crippen LogP contribution in [0, 0.1) is 5.92 Å². The Morgan fingerprint density at radius 3 is 2.67 bits per heavy atom. The fourth-order valence-corrected chi connectivity index (χ4v) is 2.88. The number of aromatic nitrogens is 3. The van der Waals surface area contributed by atoms with E-state index in [0.29, 0.717) is 17.3 Å². The van der Waals surface area contributed by atoms with E-state index < -0.39 is 0 Å². The number of carbonyl (C=O) groups is 2. The number of anilines is 1. The molecule has 0 radical (unpaired) electrons. The zero-order valence-corrected chi connectivity index (χ0v) is 15.7. The fraction of sp³-hybridized carbons (Fsp3) is 0.368. The highest BCUT2D eigenvalue weighted by molar-refractivity contribution is 6.09. The largest absolute Gasteiger partial charge is 0.362 e. The molecule has 0 spiro atoms. The van der Waals surface area contributed by atoms with Gasteiger partial charge in [0, 0.05) is 19.0 Å². The van der Waals surface area contributed by atoms with Gasteiger partial charge in [0.1, 0.15) is 18.7 Å². The topological polar surface area (TPSA) is 98.1 Å². The third-order valence-corrected chi connectivity index (χ3v) is 4.02. The number of carbonyl (C=O) groups excluding carboxylic acids is 2. The van der Waals surface area contributed by atoms with Crippen molar-refractivity contribution in [3.63, 3.8) is 0 Å². The summed E-state index contributed by atoms with van der Waals surface area (Å²) >= 11 is 0. The molecule has 2 aromatic heterocycles. The van der Waals surface area contributed by atoms with E-state index in [4.69, 9.17) is 4.74 Å². The van der Waals surface area contributed by atoms with E-state index in [2.05, 4.69) is 39.0 Å². The van der Waals surface area contributed by atoms with Gasteiger partial charge in [-0.1, -0.05) is 32.0 Å². The average molecular weight is 369 g/mol. The maximum atomic E-state index is 12.2. The van der Waals surface area contributed by atoms with Crippen molar-refractivity contribution in [3.8, 4) is 0 Å². The molecule has 142 valence electrons. The lowest BCUT2D eigenvalue weighted by atomic mass is 10.1. The minimum Gasteiger partial charge on any atom is -0.362 e. The van der Waals surface area contributed by atoms with Gasteiger partial charge in [-0.05, 0) is 12.0 Å². The van der Waals surface area contributed by atoms with Crippen LogP contribution in [0.4, 0.5) is 5.82 Å². The van der Waals surface area contributed by atoms with E-state index in [0.717, 1.165) is 23.0 Å². The standard InChI is InChI=1S/C19H23N5O3/c1-12(2)8-24-11-21-17-18(24)13-6-4-5-7-14(13)22-19(17)23-16(26)10-27-9-15(25)20-3/h4-7,11-12H,8-10H2,1-3H3,(H,20,25)(H,22,23,26). The van der Waals surface area contributed by atoms with E-state index in [1.165, 1.54) is 7.05 Å². The highest BCUT2D eigenvalue weighted by atomic mass is 16.5. The fourth-order valence-electron chi connectivity index (χ4n) is 2.88. The zero-order chi connectivity index (χ0) is 19.4. The lowest BCUT2D eigenvalue weighted by Crippen LogP contribution is -2.26. The number of hydrogen-bond donors (Lipinski definition) is 2. The molecule has 0 fully saturated rings. The van der Waals surface area contributed by atoms with Crippen LogP contribution >= 0.6 is 0 Å². The number of nitrogens with one attached hydrogen (secondary N) is 2. The Hall–Kier alpha value is -3.00. The molecule has 3 rings (SSSR count). The van der Waals surface area contributed by atoms with Crippen LogP contribution in [0.1, 0.15) is 13.8 Å². The molecule has 0 saturated heterocycles. The average Bonchev–Trinajstić information content (AvgIpc) is 3.05. The number of ether oxygens (including phenoxy) is 1. The lowest BCUT2D eigenvalue weighted by Gasteiger charge is -2.11. The first kappa shape index (κ1) is 18.8. The van der Waals surface area contributed by atoms with Gasteiger partial charge in [-0.2, -0.15) is 0 Å². The maximum Gasteiger partial charge on any atom is 0.251 e. The third kappa shape index (κ3) is 4.22. The molecule has 0 bridgehead atoms. The molecule has 1 aromatic carbocycles. The zero-order valence-electron chi connectivity index (χ0n) is 15.7. The summed E-state index contributed by atoms with van der Waals surface area (Å²) in [6.07, 6.45) is 1.77. The van der Waals surface area contributed by atoms with Crippen molar-refractivity contribution in [3.05, 3.63) is 30.6 Å². The van der Waals surface area contributed by atoms with E-state index in [1.54, 1.807) is 6.33 Å². The molecule has 8 nitrogen and oxygen atoms in total. The molecule has 8 heteroatoms. The van der Waals surface area contributed by atoms with Crippen LogP contribution in [0.25, 0.3) is 21.9 Å². The van der Waals surface area contributed by atoms with E-state index >= 15 is 0 Å². The first-order valence-corrected chi connectivity index (χ1v) is 8.81. The Kier molecular flexibility index (Phi) is 5.66. The van der Waals surface area contributed by atoms with Crippen molar-refractivity contribution in [1.29, 1.82) is 0 Å². The first-order chi connectivity index (χ1) is 13.0.